The van der Waals surface area contributed by atoms with Gasteiger partial charge in [-0.05, 0) is 31.5 Å². The molecule has 0 N–H and O–H groups in total. The average molecular weight is 250 g/mol. The van der Waals surface area contributed by atoms with Crippen molar-refractivity contribution in [2.75, 3.05) is 26.2 Å². The summed E-state index contributed by atoms with van der Waals surface area (Å²) in [4.78, 5) is 5.19. The number of hydrogen-bond acceptors (Lipinski definition) is 3. The van der Waals surface area contributed by atoms with E-state index in [-0.39, 0.29) is 0 Å². The van der Waals surface area contributed by atoms with Crippen molar-refractivity contribution in [3.8, 4) is 0 Å². The van der Waals surface area contributed by atoms with Crippen molar-refractivity contribution in [3.63, 3.8) is 0 Å². The molecule has 1 aromatic rings. The quantitative estimate of drug-likeness (QED) is 0.774. The highest BCUT2D eigenvalue weighted by Crippen LogP contribution is 2.23. The second-order valence-corrected chi connectivity index (χ2v) is 5.50. The summed E-state index contributed by atoms with van der Waals surface area (Å²) in [6, 6.07) is 2.77. The number of likely N-dealkylation sites (tertiary alicyclic amines) is 1. The van der Waals surface area contributed by atoms with E-state index in [2.05, 4.69) is 36.6 Å². The van der Waals surface area contributed by atoms with Crippen molar-refractivity contribution in [1.82, 2.24) is 9.80 Å². The fourth-order valence-corrected chi connectivity index (χ4v) is 3.10. The Labute approximate surface area is 111 Å². The summed E-state index contributed by atoms with van der Waals surface area (Å²) in [5, 5.41) is 0. The Morgan fingerprint density at radius 1 is 1.39 bits per heavy atom. The number of furan rings is 1. The van der Waals surface area contributed by atoms with Crippen LogP contribution in [0.15, 0.2) is 23.0 Å². The first kappa shape index (κ1) is 13.6. The predicted molar refractivity (Wildman–Crippen MR) is 74.5 cm³/mol. The molecule has 0 spiro atoms. The molecule has 2 atom stereocenters. The fraction of sp³-hybridized carbons (Fsp3) is 0.733. The molecule has 3 heteroatoms. The van der Waals surface area contributed by atoms with E-state index in [1.165, 1.54) is 31.6 Å². The monoisotopic (exact) mass is 250 g/mol. The van der Waals surface area contributed by atoms with Crippen molar-refractivity contribution in [2.24, 2.45) is 5.92 Å². The van der Waals surface area contributed by atoms with Crippen molar-refractivity contribution in [2.45, 2.75) is 39.8 Å². The maximum Gasteiger partial charge on any atom is 0.0947 e. The maximum atomic E-state index is 5.17. The largest absolute Gasteiger partial charge is 0.472 e. The molecule has 2 heterocycles. The Kier molecular flexibility index (Phi) is 4.84. The van der Waals surface area contributed by atoms with Gasteiger partial charge in [0, 0.05) is 31.2 Å². The second-order valence-electron chi connectivity index (χ2n) is 5.50. The highest BCUT2D eigenvalue weighted by molar-refractivity contribution is 5.06. The third kappa shape index (κ3) is 3.15. The Morgan fingerprint density at radius 3 is 2.83 bits per heavy atom. The molecule has 0 aliphatic carbocycles. The van der Waals surface area contributed by atoms with Crippen LogP contribution in [0.2, 0.25) is 0 Å². The van der Waals surface area contributed by atoms with Gasteiger partial charge in [0.1, 0.15) is 0 Å². The van der Waals surface area contributed by atoms with Gasteiger partial charge in [0.25, 0.3) is 0 Å². The average Bonchev–Trinajstić information content (AvgIpc) is 2.97. The zero-order valence-electron chi connectivity index (χ0n) is 11.9. The first-order valence-corrected chi connectivity index (χ1v) is 7.22. The molecular weight excluding hydrogens is 224 g/mol. The molecule has 0 aromatic carbocycles. The molecule has 0 amide bonds. The van der Waals surface area contributed by atoms with Crippen molar-refractivity contribution in [1.29, 1.82) is 0 Å². The predicted octanol–water partition coefficient (Wildman–Crippen LogP) is 2.83. The summed E-state index contributed by atoms with van der Waals surface area (Å²) in [6.07, 6.45) is 4.89. The number of rotatable bonds is 6. The third-order valence-corrected chi connectivity index (χ3v) is 4.03. The lowest BCUT2D eigenvalue weighted by atomic mass is 10.0. The summed E-state index contributed by atoms with van der Waals surface area (Å²) in [7, 11) is 0. The Bertz CT molecular complexity index is 336. The first-order chi connectivity index (χ1) is 8.74. The molecule has 0 saturated carbocycles. The summed E-state index contributed by atoms with van der Waals surface area (Å²) in [5.74, 6) is 0.767. The van der Waals surface area contributed by atoms with Gasteiger partial charge in [0.05, 0.1) is 12.5 Å². The van der Waals surface area contributed by atoms with E-state index in [0.29, 0.717) is 6.04 Å². The van der Waals surface area contributed by atoms with Crippen LogP contribution >= 0.6 is 0 Å². The van der Waals surface area contributed by atoms with Gasteiger partial charge in [-0.3, -0.25) is 4.90 Å². The SMILES string of the molecule is CCCN1CC(C)[C@@H](N(CC)Cc2ccoc2)C1. The number of hydrogen-bond donors (Lipinski definition) is 0. The molecule has 0 bridgehead atoms. The lowest BCUT2D eigenvalue weighted by Crippen LogP contribution is -2.39. The molecule has 1 aliphatic rings. The molecule has 0 radical (unpaired) electrons. The molecule has 2 rings (SSSR count). The van der Waals surface area contributed by atoms with Gasteiger partial charge in [-0.25, -0.2) is 0 Å². The van der Waals surface area contributed by atoms with Gasteiger partial charge in [-0.1, -0.05) is 20.8 Å². The van der Waals surface area contributed by atoms with Gasteiger partial charge in [-0.2, -0.15) is 0 Å². The molecule has 1 aromatic heterocycles. The smallest absolute Gasteiger partial charge is 0.0947 e. The van der Waals surface area contributed by atoms with Crippen LogP contribution in [0.1, 0.15) is 32.8 Å². The van der Waals surface area contributed by atoms with Crippen LogP contribution in [0.5, 0.6) is 0 Å². The summed E-state index contributed by atoms with van der Waals surface area (Å²) < 4.78 is 5.17. The highest BCUT2D eigenvalue weighted by atomic mass is 16.3. The molecule has 1 aliphatic heterocycles. The van der Waals surface area contributed by atoms with Gasteiger partial charge >= 0.3 is 0 Å². The number of nitrogens with zero attached hydrogens (tertiary/aromatic N) is 2. The van der Waals surface area contributed by atoms with E-state index in [9.17, 15) is 0 Å². The highest BCUT2D eigenvalue weighted by Gasteiger charge is 2.32. The minimum Gasteiger partial charge on any atom is -0.472 e. The summed E-state index contributed by atoms with van der Waals surface area (Å²) in [6.45, 7) is 12.8. The Hall–Kier alpha value is -0.800. The standard InChI is InChI=1S/C15H26N2O/c1-4-7-16-9-13(3)15(11-16)17(5-2)10-14-6-8-18-12-14/h6,8,12-13,15H,4-5,7,9-11H2,1-3H3/t13?,15-/m0/s1. The van der Waals surface area contributed by atoms with Crippen LogP contribution in [-0.4, -0.2) is 42.0 Å². The van der Waals surface area contributed by atoms with E-state index in [1.54, 1.807) is 6.26 Å². The van der Waals surface area contributed by atoms with Gasteiger partial charge < -0.3 is 9.32 Å². The second kappa shape index (κ2) is 6.39. The molecule has 102 valence electrons. The Morgan fingerprint density at radius 2 is 2.22 bits per heavy atom. The number of likely N-dealkylation sites (N-methyl/N-ethyl adjacent to an activating group) is 1. The third-order valence-electron chi connectivity index (χ3n) is 4.03. The van der Waals surface area contributed by atoms with Crippen LogP contribution in [0, 0.1) is 5.92 Å². The van der Waals surface area contributed by atoms with E-state index in [4.69, 9.17) is 4.42 Å². The normalized spacial score (nSPS) is 25.1. The van der Waals surface area contributed by atoms with Crippen molar-refractivity contribution >= 4 is 0 Å². The van der Waals surface area contributed by atoms with Gasteiger partial charge in [-0.15, -0.1) is 0 Å². The first-order valence-electron chi connectivity index (χ1n) is 7.22. The molecule has 18 heavy (non-hydrogen) atoms. The zero-order chi connectivity index (χ0) is 13.0. The Balaban J connectivity index is 1.95. The van der Waals surface area contributed by atoms with E-state index in [0.717, 1.165) is 19.0 Å². The lowest BCUT2D eigenvalue weighted by Gasteiger charge is -2.29. The van der Waals surface area contributed by atoms with Crippen molar-refractivity contribution < 1.29 is 4.42 Å². The minimum absolute atomic E-state index is 0.691. The molecule has 1 saturated heterocycles. The molecule has 1 unspecified atom stereocenters. The zero-order valence-corrected chi connectivity index (χ0v) is 11.9. The molecular formula is C15H26N2O. The maximum absolute atomic E-state index is 5.17. The molecule has 3 nitrogen and oxygen atoms in total. The topological polar surface area (TPSA) is 19.6 Å². The van der Waals surface area contributed by atoms with Gasteiger partial charge in [0.2, 0.25) is 0 Å². The van der Waals surface area contributed by atoms with Crippen molar-refractivity contribution in [3.05, 3.63) is 24.2 Å². The van der Waals surface area contributed by atoms with Gasteiger partial charge in [0.15, 0.2) is 0 Å². The minimum atomic E-state index is 0.691. The van der Waals surface area contributed by atoms with E-state index < -0.39 is 0 Å². The molecule has 1 fully saturated rings. The fourth-order valence-electron chi connectivity index (χ4n) is 3.10. The van der Waals surface area contributed by atoms with Crippen LogP contribution in [0.3, 0.4) is 0 Å². The summed E-state index contributed by atoms with van der Waals surface area (Å²) in [5.41, 5.74) is 1.29. The van der Waals surface area contributed by atoms with Crippen LogP contribution < -0.4 is 0 Å². The van der Waals surface area contributed by atoms with Crippen LogP contribution in [-0.2, 0) is 6.54 Å². The summed E-state index contributed by atoms with van der Waals surface area (Å²) >= 11 is 0. The van der Waals surface area contributed by atoms with Crippen LogP contribution in [0.4, 0.5) is 0 Å². The van der Waals surface area contributed by atoms with E-state index in [1.807, 2.05) is 6.26 Å². The van der Waals surface area contributed by atoms with E-state index >= 15 is 0 Å². The lowest BCUT2D eigenvalue weighted by molar-refractivity contribution is 0.171. The van der Waals surface area contributed by atoms with Crippen LogP contribution in [0.25, 0.3) is 0 Å².